The van der Waals surface area contributed by atoms with E-state index in [4.69, 9.17) is 0 Å². The fourth-order valence-corrected chi connectivity index (χ4v) is 1.39. The monoisotopic (exact) mass is 227 g/mol. The number of ether oxygens (including phenoxy) is 1. The molecule has 1 aromatic rings. The number of halogens is 2. The Balaban J connectivity index is 2.56. The van der Waals surface area contributed by atoms with Crippen molar-refractivity contribution in [3.05, 3.63) is 23.8 Å². The summed E-state index contributed by atoms with van der Waals surface area (Å²) in [4.78, 5) is 22.1. The predicted molar refractivity (Wildman–Crippen MR) is 50.7 cm³/mol. The molecule has 1 heterocycles. The van der Waals surface area contributed by atoms with Gasteiger partial charge in [-0.25, -0.2) is 0 Å². The maximum absolute atomic E-state index is 13.0. The first-order valence-corrected chi connectivity index (χ1v) is 4.44. The minimum absolute atomic E-state index is 0.0113. The molecule has 0 bridgehead atoms. The van der Waals surface area contributed by atoms with Gasteiger partial charge in [-0.2, -0.15) is 8.78 Å². The molecule has 0 fully saturated rings. The average molecular weight is 227 g/mol. The molecule has 1 aliphatic heterocycles. The minimum Gasteiger partial charge on any atom is -0.422 e. The quantitative estimate of drug-likeness (QED) is 0.744. The van der Waals surface area contributed by atoms with E-state index in [1.165, 1.54) is 25.1 Å². The van der Waals surface area contributed by atoms with Gasteiger partial charge in [0.15, 0.2) is 11.5 Å². The number of rotatable bonds is 1. The van der Waals surface area contributed by atoms with Crippen molar-refractivity contribution in [3.63, 3.8) is 0 Å². The van der Waals surface area contributed by atoms with E-state index in [1.807, 2.05) is 5.32 Å². The first-order chi connectivity index (χ1) is 7.42. The fourth-order valence-electron chi connectivity index (χ4n) is 1.39. The molecule has 0 aromatic heterocycles. The molecule has 16 heavy (non-hydrogen) atoms. The van der Waals surface area contributed by atoms with Gasteiger partial charge in [-0.1, -0.05) is 6.07 Å². The van der Waals surface area contributed by atoms with Gasteiger partial charge in [0.2, 0.25) is 0 Å². The summed E-state index contributed by atoms with van der Waals surface area (Å²) < 4.78 is 30.2. The highest BCUT2D eigenvalue weighted by atomic mass is 19.3. The van der Waals surface area contributed by atoms with Crippen LogP contribution in [0.3, 0.4) is 0 Å². The molecule has 0 saturated heterocycles. The van der Waals surface area contributed by atoms with Crippen LogP contribution in [0.15, 0.2) is 18.2 Å². The first-order valence-electron chi connectivity index (χ1n) is 4.44. The van der Waals surface area contributed by atoms with Crippen molar-refractivity contribution in [2.45, 2.75) is 13.0 Å². The molecule has 0 unspecified atom stereocenters. The number of hydrogen-bond acceptors (Lipinski definition) is 3. The lowest BCUT2D eigenvalue weighted by Crippen LogP contribution is -2.43. The molecule has 1 aromatic carbocycles. The number of ketones is 1. The van der Waals surface area contributed by atoms with Crippen LogP contribution < -0.4 is 10.1 Å². The van der Waals surface area contributed by atoms with E-state index >= 15 is 0 Å². The van der Waals surface area contributed by atoms with Crippen LogP contribution in [-0.4, -0.2) is 17.8 Å². The van der Waals surface area contributed by atoms with Crippen molar-refractivity contribution in [1.82, 2.24) is 0 Å². The van der Waals surface area contributed by atoms with Crippen LogP contribution in [-0.2, 0) is 4.79 Å². The van der Waals surface area contributed by atoms with Gasteiger partial charge in [-0.15, -0.1) is 0 Å². The van der Waals surface area contributed by atoms with E-state index in [0.717, 1.165) is 0 Å². The number of para-hydroxylation sites is 1. The van der Waals surface area contributed by atoms with Gasteiger partial charge in [-0.05, 0) is 19.1 Å². The summed E-state index contributed by atoms with van der Waals surface area (Å²) in [5, 5.41) is 1.98. The summed E-state index contributed by atoms with van der Waals surface area (Å²) >= 11 is 0. The maximum Gasteiger partial charge on any atom is 0.482 e. The fraction of sp³-hybridized carbons (Fsp3) is 0.200. The molecule has 2 rings (SSSR count). The van der Waals surface area contributed by atoms with Gasteiger partial charge >= 0.3 is 12.0 Å². The predicted octanol–water partition coefficient (Wildman–Crippen LogP) is 1.81. The Morgan fingerprint density at radius 1 is 1.44 bits per heavy atom. The zero-order valence-electron chi connectivity index (χ0n) is 8.21. The molecule has 0 aliphatic carbocycles. The molecule has 6 heteroatoms. The highest BCUT2D eigenvalue weighted by Gasteiger charge is 2.47. The summed E-state index contributed by atoms with van der Waals surface area (Å²) in [7, 11) is 0. The zero-order valence-corrected chi connectivity index (χ0v) is 8.21. The lowest BCUT2D eigenvalue weighted by molar-refractivity contribution is -0.189. The van der Waals surface area contributed by atoms with Gasteiger partial charge in [0.25, 0.3) is 0 Å². The summed E-state index contributed by atoms with van der Waals surface area (Å²) in [6, 6.07) is 4.21. The molecule has 0 saturated carbocycles. The summed E-state index contributed by atoms with van der Waals surface area (Å²) in [6.07, 6.45) is -3.95. The van der Waals surface area contributed by atoms with E-state index in [1.54, 1.807) is 0 Å². The van der Waals surface area contributed by atoms with Gasteiger partial charge in [0, 0.05) is 0 Å². The number of carbonyl (C=O) groups excluding carboxylic acids is 2. The second kappa shape index (κ2) is 3.26. The van der Waals surface area contributed by atoms with E-state index < -0.39 is 17.8 Å². The number of benzene rings is 1. The third-order valence-corrected chi connectivity index (χ3v) is 2.14. The highest BCUT2D eigenvalue weighted by Crippen LogP contribution is 2.38. The van der Waals surface area contributed by atoms with E-state index in [2.05, 4.69) is 4.74 Å². The number of fused-ring (bicyclic) bond motifs is 1. The Hall–Kier alpha value is -1.98. The van der Waals surface area contributed by atoms with Crippen molar-refractivity contribution in [1.29, 1.82) is 0 Å². The van der Waals surface area contributed by atoms with Crippen LogP contribution in [0, 0.1) is 0 Å². The Morgan fingerprint density at radius 2 is 2.12 bits per heavy atom. The van der Waals surface area contributed by atoms with Gasteiger partial charge in [0.1, 0.15) is 0 Å². The summed E-state index contributed by atoms with van der Waals surface area (Å²) in [6.45, 7) is 1.23. The van der Waals surface area contributed by atoms with Crippen LogP contribution in [0.4, 0.5) is 14.5 Å². The topological polar surface area (TPSA) is 55.4 Å². The molecule has 0 radical (unpaired) electrons. The number of hydrogen-bond donors (Lipinski definition) is 1. The number of nitrogens with one attached hydrogen (secondary N) is 1. The summed E-state index contributed by atoms with van der Waals surface area (Å²) in [5.41, 5.74) is 0.0841. The molecule has 1 N–H and O–H groups in total. The average Bonchev–Trinajstić information content (AvgIpc) is 2.18. The standard InChI is InChI=1S/C10H7F2NO3/c1-5(14)6-3-2-4-7-8(6)16-10(11,12)9(15)13-7/h2-4H,1H3,(H,13,15). The van der Waals surface area contributed by atoms with Gasteiger partial charge < -0.3 is 10.1 Å². The molecule has 84 valence electrons. The highest BCUT2D eigenvalue weighted by molar-refractivity contribution is 6.04. The first kappa shape index (κ1) is 10.5. The number of amides is 1. The second-order valence-corrected chi connectivity index (χ2v) is 3.31. The van der Waals surface area contributed by atoms with Crippen molar-refractivity contribution >= 4 is 17.4 Å². The molecule has 1 amide bonds. The van der Waals surface area contributed by atoms with Gasteiger partial charge in [0.05, 0.1) is 11.3 Å². The van der Waals surface area contributed by atoms with Crippen molar-refractivity contribution in [2.24, 2.45) is 0 Å². The third-order valence-electron chi connectivity index (χ3n) is 2.14. The lowest BCUT2D eigenvalue weighted by Gasteiger charge is -2.25. The van der Waals surface area contributed by atoms with E-state index in [9.17, 15) is 18.4 Å². The molecular weight excluding hydrogens is 220 g/mol. The second-order valence-electron chi connectivity index (χ2n) is 3.31. The Morgan fingerprint density at radius 3 is 2.75 bits per heavy atom. The zero-order chi connectivity index (χ0) is 11.9. The van der Waals surface area contributed by atoms with Crippen LogP contribution >= 0.6 is 0 Å². The number of alkyl halides is 2. The van der Waals surface area contributed by atoms with Gasteiger partial charge in [-0.3, -0.25) is 9.59 Å². The molecule has 0 spiro atoms. The molecule has 4 nitrogen and oxygen atoms in total. The molecular formula is C10H7F2NO3. The number of Topliss-reactive ketones (excluding diaryl/α,β-unsaturated/α-hetero) is 1. The van der Waals surface area contributed by atoms with E-state index in [-0.39, 0.29) is 17.0 Å². The Kier molecular flexibility index (Phi) is 2.15. The van der Waals surface area contributed by atoms with Crippen molar-refractivity contribution < 1.29 is 23.1 Å². The van der Waals surface area contributed by atoms with Crippen LogP contribution in [0.5, 0.6) is 5.75 Å². The summed E-state index contributed by atoms with van der Waals surface area (Å²) in [5.74, 6) is -2.25. The molecule has 0 atom stereocenters. The van der Waals surface area contributed by atoms with Crippen LogP contribution in [0.25, 0.3) is 0 Å². The largest absolute Gasteiger partial charge is 0.482 e. The third kappa shape index (κ3) is 1.52. The lowest BCUT2D eigenvalue weighted by atomic mass is 10.1. The number of carbonyl (C=O) groups is 2. The minimum atomic E-state index is -3.95. The SMILES string of the molecule is CC(=O)c1cccc2c1OC(F)(F)C(=O)N2. The smallest absolute Gasteiger partial charge is 0.422 e. The van der Waals surface area contributed by atoms with Crippen molar-refractivity contribution in [3.8, 4) is 5.75 Å². The Bertz CT molecular complexity index is 485. The van der Waals surface area contributed by atoms with E-state index in [0.29, 0.717) is 0 Å². The Labute approximate surface area is 89.2 Å². The maximum atomic E-state index is 13.0. The van der Waals surface area contributed by atoms with Crippen molar-refractivity contribution in [2.75, 3.05) is 5.32 Å². The number of anilines is 1. The molecule has 1 aliphatic rings. The van der Waals surface area contributed by atoms with Crippen LogP contribution in [0.2, 0.25) is 0 Å². The normalized spacial score (nSPS) is 17.1. The van der Waals surface area contributed by atoms with Crippen LogP contribution in [0.1, 0.15) is 17.3 Å².